The number of ether oxygens (including phenoxy) is 2. The number of aromatic amines is 1. The zero-order chi connectivity index (χ0) is 24.7. The van der Waals surface area contributed by atoms with Crippen LogP contribution in [0, 0.1) is 11.3 Å². The number of benzene rings is 3. The zero-order valence-corrected chi connectivity index (χ0v) is 20.9. The molecule has 0 aliphatic carbocycles. The third-order valence-electron chi connectivity index (χ3n) is 6.07. The van der Waals surface area contributed by atoms with Crippen LogP contribution in [0.1, 0.15) is 27.1 Å². The molecule has 0 amide bonds. The lowest BCUT2D eigenvalue weighted by atomic mass is 10.1. The van der Waals surface area contributed by atoms with Crippen molar-refractivity contribution in [2.24, 2.45) is 0 Å². The standard InChI is InChI=1S/C30H27N3O2S/c1-34-30-16-24(8-10-29(30)35-21-25-5-2-4-22(14-25)17-31)19-33(20-27-6-3-13-36-27)18-23-7-9-28-26(15-23)11-12-32-28/h2-16,32H,18-21H2,1H3. The first kappa shape index (κ1) is 23.7. The summed E-state index contributed by atoms with van der Waals surface area (Å²) in [6, 6.07) is 28.7. The Bertz CT molecular complexity index is 1480. The second-order valence-electron chi connectivity index (χ2n) is 8.71. The van der Waals surface area contributed by atoms with Crippen LogP contribution in [0.2, 0.25) is 0 Å². The normalized spacial score (nSPS) is 11.0. The SMILES string of the molecule is COc1cc(CN(Cc2ccc3[nH]ccc3c2)Cc2cccs2)ccc1OCc1cccc(C#N)c1. The summed E-state index contributed by atoms with van der Waals surface area (Å²) in [6.07, 6.45) is 1.98. The molecule has 0 aliphatic heterocycles. The molecule has 0 radical (unpaired) electrons. The molecule has 0 atom stereocenters. The van der Waals surface area contributed by atoms with Crippen LogP contribution in [0.4, 0.5) is 0 Å². The third kappa shape index (κ3) is 5.77. The highest BCUT2D eigenvalue weighted by molar-refractivity contribution is 7.09. The molecule has 0 fully saturated rings. The smallest absolute Gasteiger partial charge is 0.161 e. The molecule has 2 heterocycles. The Hall–Kier alpha value is -4.05. The zero-order valence-electron chi connectivity index (χ0n) is 20.1. The molecule has 2 aromatic heterocycles. The van der Waals surface area contributed by atoms with Gasteiger partial charge in [-0.25, -0.2) is 0 Å². The third-order valence-corrected chi connectivity index (χ3v) is 6.93. The summed E-state index contributed by atoms with van der Waals surface area (Å²) < 4.78 is 11.7. The van der Waals surface area contributed by atoms with E-state index in [1.807, 2.05) is 30.5 Å². The highest BCUT2D eigenvalue weighted by Gasteiger charge is 2.13. The van der Waals surface area contributed by atoms with Crippen molar-refractivity contribution in [1.29, 1.82) is 5.26 Å². The average Bonchev–Trinajstić information content (AvgIpc) is 3.59. The number of rotatable bonds is 10. The van der Waals surface area contributed by atoms with E-state index in [-0.39, 0.29) is 0 Å². The molecule has 1 N–H and O–H groups in total. The van der Waals surface area contributed by atoms with Crippen molar-refractivity contribution in [2.45, 2.75) is 26.2 Å². The van der Waals surface area contributed by atoms with Crippen molar-refractivity contribution >= 4 is 22.2 Å². The topological polar surface area (TPSA) is 61.3 Å². The Morgan fingerprint density at radius 3 is 2.53 bits per heavy atom. The predicted molar refractivity (Wildman–Crippen MR) is 144 cm³/mol. The fourth-order valence-corrected chi connectivity index (χ4v) is 5.08. The summed E-state index contributed by atoms with van der Waals surface area (Å²) in [7, 11) is 1.66. The molecule has 5 aromatic rings. The van der Waals surface area contributed by atoms with Crippen molar-refractivity contribution in [2.75, 3.05) is 7.11 Å². The van der Waals surface area contributed by atoms with Crippen LogP contribution in [0.3, 0.4) is 0 Å². The lowest BCUT2D eigenvalue weighted by Gasteiger charge is -2.23. The van der Waals surface area contributed by atoms with Crippen molar-refractivity contribution < 1.29 is 9.47 Å². The maximum atomic E-state index is 9.13. The van der Waals surface area contributed by atoms with Gasteiger partial charge in [-0.05, 0) is 76.0 Å². The van der Waals surface area contributed by atoms with Gasteiger partial charge in [0, 0.05) is 36.2 Å². The molecule has 0 spiro atoms. The molecule has 6 heteroatoms. The van der Waals surface area contributed by atoms with Crippen LogP contribution in [-0.2, 0) is 26.2 Å². The number of aromatic nitrogens is 1. The highest BCUT2D eigenvalue weighted by Crippen LogP contribution is 2.30. The number of H-pyrrole nitrogens is 1. The number of hydrogen-bond acceptors (Lipinski definition) is 5. The van der Waals surface area contributed by atoms with Gasteiger partial charge in [-0.1, -0.05) is 30.3 Å². The summed E-state index contributed by atoms with van der Waals surface area (Å²) in [5, 5.41) is 12.5. The van der Waals surface area contributed by atoms with Crippen LogP contribution in [0.5, 0.6) is 11.5 Å². The fraction of sp³-hybridized carbons (Fsp3) is 0.167. The summed E-state index contributed by atoms with van der Waals surface area (Å²) in [5.41, 5.74) is 5.17. The van der Waals surface area contributed by atoms with Crippen LogP contribution in [-0.4, -0.2) is 17.0 Å². The Morgan fingerprint density at radius 1 is 0.861 bits per heavy atom. The molecular weight excluding hydrogens is 466 g/mol. The number of nitrogens with one attached hydrogen (secondary N) is 1. The minimum atomic E-state index is 0.372. The molecule has 3 aromatic carbocycles. The summed E-state index contributed by atoms with van der Waals surface area (Å²) in [6.45, 7) is 2.87. The minimum Gasteiger partial charge on any atom is -0.493 e. The number of hydrogen-bond donors (Lipinski definition) is 1. The van der Waals surface area contributed by atoms with Crippen molar-refractivity contribution in [3.8, 4) is 17.6 Å². The van der Waals surface area contributed by atoms with Crippen molar-refractivity contribution in [3.05, 3.63) is 118 Å². The molecule has 5 rings (SSSR count). The van der Waals surface area contributed by atoms with Gasteiger partial charge in [0.05, 0.1) is 18.7 Å². The maximum Gasteiger partial charge on any atom is 0.161 e. The van der Waals surface area contributed by atoms with E-state index >= 15 is 0 Å². The van der Waals surface area contributed by atoms with Crippen molar-refractivity contribution in [1.82, 2.24) is 9.88 Å². The van der Waals surface area contributed by atoms with E-state index in [0.29, 0.717) is 23.7 Å². The molecule has 0 bridgehead atoms. The number of thiophene rings is 1. The highest BCUT2D eigenvalue weighted by atomic mass is 32.1. The second kappa shape index (κ2) is 11.1. The molecule has 180 valence electrons. The molecule has 0 saturated carbocycles. The van der Waals surface area contributed by atoms with Gasteiger partial charge in [-0.2, -0.15) is 5.26 Å². The number of methoxy groups -OCH3 is 1. The maximum absolute atomic E-state index is 9.13. The number of nitrogens with zero attached hydrogens (tertiary/aromatic N) is 2. The summed E-state index contributed by atoms with van der Waals surface area (Å²) in [5.74, 6) is 1.39. The first-order chi connectivity index (χ1) is 17.7. The van der Waals surface area contributed by atoms with Crippen LogP contribution in [0.25, 0.3) is 10.9 Å². The Labute approximate surface area is 215 Å². The van der Waals surface area contributed by atoms with Gasteiger partial charge in [0.1, 0.15) is 6.61 Å². The van der Waals surface area contributed by atoms with Gasteiger partial charge in [-0.3, -0.25) is 4.90 Å². The lowest BCUT2D eigenvalue weighted by molar-refractivity contribution is 0.248. The molecule has 0 aliphatic rings. The first-order valence-electron chi connectivity index (χ1n) is 11.8. The molecule has 36 heavy (non-hydrogen) atoms. The van der Waals surface area contributed by atoms with Crippen molar-refractivity contribution in [3.63, 3.8) is 0 Å². The Balaban J connectivity index is 1.32. The van der Waals surface area contributed by atoms with Gasteiger partial charge >= 0.3 is 0 Å². The first-order valence-corrected chi connectivity index (χ1v) is 12.7. The quantitative estimate of drug-likeness (QED) is 0.230. The van der Waals surface area contributed by atoms with E-state index < -0.39 is 0 Å². The van der Waals surface area contributed by atoms with Gasteiger partial charge in [0.15, 0.2) is 11.5 Å². The summed E-state index contributed by atoms with van der Waals surface area (Å²) in [4.78, 5) is 7.05. The Morgan fingerprint density at radius 2 is 1.72 bits per heavy atom. The Kier molecular flexibility index (Phi) is 7.32. The van der Waals surface area contributed by atoms with E-state index in [0.717, 1.165) is 36.3 Å². The molecule has 0 saturated heterocycles. The molecule has 0 unspecified atom stereocenters. The molecular formula is C30H27N3O2S. The minimum absolute atomic E-state index is 0.372. The van der Waals surface area contributed by atoms with Gasteiger partial charge in [0.2, 0.25) is 0 Å². The van der Waals surface area contributed by atoms with Gasteiger partial charge < -0.3 is 14.5 Å². The van der Waals surface area contributed by atoms with Gasteiger partial charge in [-0.15, -0.1) is 11.3 Å². The average molecular weight is 494 g/mol. The van der Waals surface area contributed by atoms with E-state index in [4.69, 9.17) is 14.7 Å². The number of fused-ring (bicyclic) bond motifs is 1. The van der Waals surface area contributed by atoms with Crippen LogP contribution in [0.15, 0.2) is 90.4 Å². The predicted octanol–water partition coefficient (Wildman–Crippen LogP) is 6.89. The van der Waals surface area contributed by atoms with E-state index in [9.17, 15) is 0 Å². The monoisotopic (exact) mass is 493 g/mol. The lowest BCUT2D eigenvalue weighted by Crippen LogP contribution is -2.22. The van der Waals surface area contributed by atoms with Crippen LogP contribution < -0.4 is 9.47 Å². The molecule has 5 nitrogen and oxygen atoms in total. The van der Waals surface area contributed by atoms with E-state index in [1.54, 1.807) is 24.5 Å². The van der Waals surface area contributed by atoms with Gasteiger partial charge in [0.25, 0.3) is 0 Å². The number of nitriles is 1. The van der Waals surface area contributed by atoms with Crippen LogP contribution >= 0.6 is 11.3 Å². The van der Waals surface area contributed by atoms with E-state index in [1.165, 1.54) is 15.8 Å². The fourth-order valence-electron chi connectivity index (χ4n) is 4.33. The summed E-state index contributed by atoms with van der Waals surface area (Å²) >= 11 is 1.78. The second-order valence-corrected chi connectivity index (χ2v) is 9.74. The van der Waals surface area contributed by atoms with E-state index in [2.05, 4.69) is 69.9 Å². The largest absolute Gasteiger partial charge is 0.493 e.